The maximum atomic E-state index is 11.3. The third kappa shape index (κ3) is 15.1. The zero-order valence-electron chi connectivity index (χ0n) is 23.1. The number of allylic oxidation sites excluding steroid dienone is 8. The van der Waals surface area contributed by atoms with E-state index in [4.69, 9.17) is 0 Å². The minimum Gasteiger partial charge on any atom is -0.290 e. The van der Waals surface area contributed by atoms with Gasteiger partial charge in [-0.25, -0.2) is 9.98 Å². The van der Waals surface area contributed by atoms with E-state index in [1.165, 1.54) is 18.2 Å². The van der Waals surface area contributed by atoms with Crippen molar-refractivity contribution in [1.29, 1.82) is 0 Å². The van der Waals surface area contributed by atoms with Crippen LogP contribution in [0, 0.1) is 0 Å². The summed E-state index contributed by atoms with van der Waals surface area (Å²) in [5, 5.41) is 0. The van der Waals surface area contributed by atoms with E-state index in [1.807, 2.05) is 122 Å². The Morgan fingerprint density at radius 3 is 1.33 bits per heavy atom. The van der Waals surface area contributed by atoms with Gasteiger partial charge >= 0.3 is 0 Å². The second kappa shape index (κ2) is 24.2. The predicted molar refractivity (Wildman–Crippen MR) is 159 cm³/mol. The van der Waals surface area contributed by atoms with Gasteiger partial charge in [0, 0.05) is 0 Å². The zero-order valence-corrected chi connectivity index (χ0v) is 23.1. The summed E-state index contributed by atoms with van der Waals surface area (Å²) in [4.78, 5) is 30.7. The van der Waals surface area contributed by atoms with E-state index in [-0.39, 0.29) is 11.6 Å². The molecule has 0 aromatic heterocycles. The second-order valence-corrected chi connectivity index (χ2v) is 5.86. The molecule has 2 aliphatic carbocycles. The fraction of sp³-hybridized carbons (Fsp3) is 0.250. The highest BCUT2D eigenvalue weighted by atomic mass is 16.1. The van der Waals surface area contributed by atoms with Crippen molar-refractivity contribution in [3.8, 4) is 0 Å². The lowest BCUT2D eigenvalue weighted by atomic mass is 10.1. The Labute approximate surface area is 218 Å². The van der Waals surface area contributed by atoms with E-state index < -0.39 is 0 Å². The van der Waals surface area contributed by atoms with Crippen molar-refractivity contribution in [1.82, 2.24) is 0 Å². The minimum atomic E-state index is -0.0450. The van der Waals surface area contributed by atoms with E-state index in [0.717, 1.165) is 17.1 Å². The Morgan fingerprint density at radius 1 is 0.472 bits per heavy atom. The van der Waals surface area contributed by atoms with Crippen LogP contribution in [-0.4, -0.2) is 23.0 Å². The predicted octanol–water partition coefficient (Wildman–Crippen LogP) is 9.01. The zero-order chi connectivity index (χ0) is 27.6. The Bertz CT molecular complexity index is 1010. The van der Waals surface area contributed by atoms with Gasteiger partial charge < -0.3 is 0 Å². The Morgan fingerprint density at radius 2 is 0.889 bits per heavy atom. The summed E-state index contributed by atoms with van der Waals surface area (Å²) in [6.07, 6.45) is 13.2. The molecule has 0 amide bonds. The molecule has 2 aromatic rings. The van der Waals surface area contributed by atoms with Gasteiger partial charge in [0.25, 0.3) is 0 Å². The number of benzene rings is 2. The molecule has 36 heavy (non-hydrogen) atoms. The normalized spacial score (nSPS) is 13.2. The molecule has 0 saturated carbocycles. The van der Waals surface area contributed by atoms with Crippen LogP contribution in [0.2, 0.25) is 0 Å². The van der Waals surface area contributed by atoms with E-state index in [0.29, 0.717) is 5.71 Å². The van der Waals surface area contributed by atoms with Gasteiger partial charge in [0.05, 0.1) is 17.1 Å². The molecule has 2 aliphatic rings. The molecule has 0 spiro atoms. The lowest BCUT2D eigenvalue weighted by Gasteiger charge is -1.99. The summed E-state index contributed by atoms with van der Waals surface area (Å²) in [7, 11) is 0. The molecule has 4 heteroatoms. The third-order valence-electron chi connectivity index (χ3n) is 3.72. The molecule has 4 nitrogen and oxygen atoms in total. The number of hydrogen-bond acceptors (Lipinski definition) is 4. The summed E-state index contributed by atoms with van der Waals surface area (Å²) in [6, 6.07) is 19.1. The van der Waals surface area contributed by atoms with Gasteiger partial charge in [-0.2, -0.15) is 0 Å². The van der Waals surface area contributed by atoms with Crippen LogP contribution in [-0.2, 0) is 9.59 Å². The maximum Gasteiger partial charge on any atom is 0.204 e. The molecule has 0 saturated heterocycles. The molecule has 0 fully saturated rings. The quantitative estimate of drug-likeness (QED) is 0.314. The molecule has 0 radical (unpaired) electrons. The number of rotatable bonds is 2. The van der Waals surface area contributed by atoms with Crippen LogP contribution in [0.15, 0.2) is 119 Å². The monoisotopic (exact) mass is 486 g/mol. The fourth-order valence-electron chi connectivity index (χ4n) is 2.36. The van der Waals surface area contributed by atoms with Crippen LogP contribution >= 0.6 is 0 Å². The first-order valence-corrected chi connectivity index (χ1v) is 12.8. The van der Waals surface area contributed by atoms with Crippen LogP contribution in [0.25, 0.3) is 0 Å². The van der Waals surface area contributed by atoms with E-state index in [9.17, 15) is 9.59 Å². The van der Waals surface area contributed by atoms with E-state index in [2.05, 4.69) is 9.98 Å². The van der Waals surface area contributed by atoms with E-state index >= 15 is 0 Å². The molecule has 0 heterocycles. The number of carbonyl (C=O) groups is 2. The van der Waals surface area contributed by atoms with Gasteiger partial charge in [-0.05, 0) is 60.7 Å². The van der Waals surface area contributed by atoms with Gasteiger partial charge in [0.2, 0.25) is 5.78 Å². The first-order valence-electron chi connectivity index (χ1n) is 12.8. The lowest BCUT2D eigenvalue weighted by molar-refractivity contribution is -0.110. The van der Waals surface area contributed by atoms with Crippen molar-refractivity contribution in [2.24, 2.45) is 9.98 Å². The lowest BCUT2D eigenvalue weighted by Crippen LogP contribution is -2.09. The van der Waals surface area contributed by atoms with Gasteiger partial charge in [-0.3, -0.25) is 9.59 Å². The van der Waals surface area contributed by atoms with Crippen molar-refractivity contribution in [2.75, 3.05) is 0 Å². The molecule has 0 atom stereocenters. The highest BCUT2D eigenvalue weighted by Gasteiger charge is 2.06. The smallest absolute Gasteiger partial charge is 0.204 e. The molecule has 192 valence electrons. The Balaban J connectivity index is 0. The number of nitrogens with zero attached hydrogens (tertiary/aromatic N) is 2. The van der Waals surface area contributed by atoms with Crippen LogP contribution < -0.4 is 0 Å². The Kier molecular flexibility index (Phi) is 23.0. The highest BCUT2D eigenvalue weighted by Crippen LogP contribution is 2.12. The van der Waals surface area contributed by atoms with Crippen LogP contribution in [0.1, 0.15) is 55.4 Å². The average Bonchev–Trinajstić information content (AvgIpc) is 2.97. The molecule has 4 rings (SSSR count). The SMILES string of the molecule is CC.CC.CC.CC.O=C1C=CC(=Nc2ccccc2)C=C1.O=C1C=CC=CC1=Nc1ccccc1. The summed E-state index contributed by atoms with van der Waals surface area (Å²) >= 11 is 0. The maximum absolute atomic E-state index is 11.3. The topological polar surface area (TPSA) is 58.9 Å². The number of aliphatic imine (C=N–C) groups is 2. The van der Waals surface area contributed by atoms with Crippen molar-refractivity contribution < 1.29 is 9.59 Å². The molecular formula is C32H42N2O2. The average molecular weight is 487 g/mol. The third-order valence-corrected chi connectivity index (χ3v) is 3.72. The minimum absolute atomic E-state index is 0.0111. The van der Waals surface area contributed by atoms with Crippen LogP contribution in [0.5, 0.6) is 0 Å². The second-order valence-electron chi connectivity index (χ2n) is 5.86. The van der Waals surface area contributed by atoms with Crippen LogP contribution in [0.3, 0.4) is 0 Å². The molecule has 0 N–H and O–H groups in total. The van der Waals surface area contributed by atoms with E-state index in [1.54, 1.807) is 24.3 Å². The highest BCUT2D eigenvalue weighted by molar-refractivity contribution is 6.49. The van der Waals surface area contributed by atoms with Crippen molar-refractivity contribution in [3.05, 3.63) is 109 Å². The summed E-state index contributed by atoms with van der Waals surface area (Å²) in [5.74, 6) is -0.0339. The van der Waals surface area contributed by atoms with Crippen molar-refractivity contribution >= 4 is 34.4 Å². The standard InChI is InChI=1S/2C12H9NO.4C2H6/c14-12-9-5-4-8-11(12)13-10-6-2-1-3-7-10;14-12-8-6-11(7-9-12)13-10-4-2-1-3-5-10;4*1-2/h2*1-9H;4*1-2H3. The summed E-state index contributed by atoms with van der Waals surface area (Å²) in [5.41, 5.74) is 2.98. The van der Waals surface area contributed by atoms with Crippen molar-refractivity contribution in [2.45, 2.75) is 55.4 Å². The molecule has 0 unspecified atom stereocenters. The van der Waals surface area contributed by atoms with Gasteiger partial charge in [-0.1, -0.05) is 104 Å². The molecular weight excluding hydrogens is 444 g/mol. The Hall–Kier alpha value is -3.92. The number of hydrogen-bond donors (Lipinski definition) is 0. The number of ketones is 2. The van der Waals surface area contributed by atoms with Crippen molar-refractivity contribution in [3.63, 3.8) is 0 Å². The number of para-hydroxylation sites is 2. The summed E-state index contributed by atoms with van der Waals surface area (Å²) in [6.45, 7) is 16.0. The molecule has 0 bridgehead atoms. The largest absolute Gasteiger partial charge is 0.290 e. The van der Waals surface area contributed by atoms with Gasteiger partial charge in [0.15, 0.2) is 5.78 Å². The fourth-order valence-corrected chi connectivity index (χ4v) is 2.36. The first kappa shape index (κ1) is 34.2. The molecule has 0 aliphatic heterocycles. The summed E-state index contributed by atoms with van der Waals surface area (Å²) < 4.78 is 0. The van der Waals surface area contributed by atoms with Crippen LogP contribution in [0.4, 0.5) is 11.4 Å². The van der Waals surface area contributed by atoms with Gasteiger partial charge in [0.1, 0.15) is 5.71 Å². The molecule has 2 aromatic carbocycles. The first-order chi connectivity index (χ1) is 17.7. The number of carbonyl (C=O) groups excluding carboxylic acids is 2. The van der Waals surface area contributed by atoms with Gasteiger partial charge in [-0.15, -0.1) is 0 Å².